The maximum absolute atomic E-state index is 13.6. The maximum atomic E-state index is 13.6. The van der Waals surface area contributed by atoms with E-state index >= 15 is 0 Å². The fourth-order valence-corrected chi connectivity index (χ4v) is 2.26. The van der Waals surface area contributed by atoms with Crippen LogP contribution in [0.5, 0.6) is 0 Å². The highest BCUT2D eigenvalue weighted by atomic mass is 19.1. The number of hydrogen-bond donors (Lipinski definition) is 1. The van der Waals surface area contributed by atoms with Crippen LogP contribution in [0.4, 0.5) is 10.1 Å². The first-order valence-corrected chi connectivity index (χ1v) is 6.21. The van der Waals surface area contributed by atoms with E-state index in [1.165, 1.54) is 26.1 Å². The van der Waals surface area contributed by atoms with Gasteiger partial charge in [-0.05, 0) is 24.6 Å². The van der Waals surface area contributed by atoms with Crippen molar-refractivity contribution in [1.82, 2.24) is 4.90 Å². The number of anilines is 1. The summed E-state index contributed by atoms with van der Waals surface area (Å²) in [6, 6.07) is 4.29. The second kappa shape index (κ2) is 5.03. The number of aryl methyl sites for hydroxylation is 1. The average molecular weight is 278 g/mol. The number of benzene rings is 1. The molecule has 1 fully saturated rings. The highest BCUT2D eigenvalue weighted by molar-refractivity contribution is 6.17. The first-order valence-electron chi connectivity index (χ1n) is 6.21. The van der Waals surface area contributed by atoms with Gasteiger partial charge in [0.1, 0.15) is 11.7 Å². The van der Waals surface area contributed by atoms with Crippen molar-refractivity contribution in [2.24, 2.45) is 11.8 Å². The molecule has 20 heavy (non-hydrogen) atoms. The predicted molar refractivity (Wildman–Crippen MR) is 70.2 cm³/mol. The normalized spacial score (nSPS) is 22.3. The third-order valence-electron chi connectivity index (χ3n) is 3.48. The van der Waals surface area contributed by atoms with Gasteiger partial charge in [-0.25, -0.2) is 4.39 Å². The van der Waals surface area contributed by atoms with Crippen LogP contribution < -0.4 is 5.32 Å². The zero-order chi connectivity index (χ0) is 15.0. The maximum Gasteiger partial charge on any atom is 0.242 e. The zero-order valence-electron chi connectivity index (χ0n) is 11.4. The Morgan fingerprint density at radius 2 is 1.95 bits per heavy atom. The van der Waals surface area contributed by atoms with Crippen molar-refractivity contribution in [1.29, 1.82) is 0 Å². The zero-order valence-corrected chi connectivity index (χ0v) is 11.4. The number of carbonyl (C=O) groups is 3. The quantitative estimate of drug-likeness (QED) is 0.655. The molecule has 0 bridgehead atoms. The molecule has 0 saturated carbocycles. The molecule has 1 aliphatic heterocycles. The number of carbonyl (C=O) groups excluding carboxylic acids is 3. The van der Waals surface area contributed by atoms with Gasteiger partial charge >= 0.3 is 0 Å². The Morgan fingerprint density at radius 3 is 2.50 bits per heavy atom. The molecule has 1 aliphatic rings. The highest BCUT2D eigenvalue weighted by Crippen LogP contribution is 2.26. The van der Waals surface area contributed by atoms with Crippen molar-refractivity contribution in [2.75, 3.05) is 12.4 Å². The van der Waals surface area contributed by atoms with Crippen LogP contribution in [0.25, 0.3) is 0 Å². The molecular weight excluding hydrogens is 263 g/mol. The fourth-order valence-electron chi connectivity index (χ4n) is 2.26. The molecule has 1 N–H and O–H groups in total. The van der Waals surface area contributed by atoms with Gasteiger partial charge < -0.3 is 5.32 Å². The molecule has 1 saturated heterocycles. The monoisotopic (exact) mass is 278 g/mol. The minimum atomic E-state index is -1.10. The SMILES string of the molecule is Cc1ccc(F)c(NC(=O)C2C(=O)N(C)C(=O)C2C)c1. The van der Waals surface area contributed by atoms with Crippen LogP contribution in [-0.2, 0) is 14.4 Å². The van der Waals surface area contributed by atoms with Gasteiger partial charge in [-0.15, -0.1) is 0 Å². The molecule has 1 aromatic rings. The Labute approximate surface area is 115 Å². The first-order chi connectivity index (χ1) is 9.32. The van der Waals surface area contributed by atoms with E-state index < -0.39 is 35.4 Å². The number of amides is 3. The highest BCUT2D eigenvalue weighted by Gasteiger charge is 2.47. The number of nitrogens with one attached hydrogen (secondary N) is 1. The van der Waals surface area contributed by atoms with E-state index in [1.54, 1.807) is 13.0 Å². The fraction of sp³-hybridized carbons (Fsp3) is 0.357. The second-order valence-electron chi connectivity index (χ2n) is 4.97. The molecule has 0 aromatic heterocycles. The lowest BCUT2D eigenvalue weighted by molar-refractivity contribution is -0.138. The number of halogens is 1. The summed E-state index contributed by atoms with van der Waals surface area (Å²) in [5, 5.41) is 2.38. The second-order valence-corrected chi connectivity index (χ2v) is 4.97. The number of likely N-dealkylation sites (tertiary alicyclic amines) is 1. The summed E-state index contributed by atoms with van der Waals surface area (Å²) in [5.74, 6) is -4.05. The first kappa shape index (κ1) is 14.2. The molecule has 0 radical (unpaired) electrons. The Kier molecular flexibility index (Phi) is 3.57. The Bertz CT molecular complexity index is 600. The van der Waals surface area contributed by atoms with E-state index in [4.69, 9.17) is 0 Å². The van der Waals surface area contributed by atoms with Crippen LogP contribution in [0.3, 0.4) is 0 Å². The molecule has 0 aliphatic carbocycles. The van der Waals surface area contributed by atoms with Gasteiger partial charge in [0.2, 0.25) is 17.7 Å². The van der Waals surface area contributed by atoms with Crippen LogP contribution >= 0.6 is 0 Å². The molecule has 0 spiro atoms. The number of hydrogen-bond acceptors (Lipinski definition) is 3. The van der Waals surface area contributed by atoms with Gasteiger partial charge in [-0.2, -0.15) is 0 Å². The van der Waals surface area contributed by atoms with Crippen molar-refractivity contribution >= 4 is 23.4 Å². The van der Waals surface area contributed by atoms with Crippen LogP contribution in [0, 0.1) is 24.6 Å². The van der Waals surface area contributed by atoms with Crippen molar-refractivity contribution in [2.45, 2.75) is 13.8 Å². The smallest absolute Gasteiger partial charge is 0.242 e. The van der Waals surface area contributed by atoms with E-state index in [2.05, 4.69) is 5.32 Å². The van der Waals surface area contributed by atoms with E-state index in [0.717, 1.165) is 10.5 Å². The molecule has 1 aromatic carbocycles. The average Bonchev–Trinajstić information content (AvgIpc) is 2.58. The van der Waals surface area contributed by atoms with E-state index in [-0.39, 0.29) is 5.69 Å². The van der Waals surface area contributed by atoms with Crippen molar-refractivity contribution < 1.29 is 18.8 Å². The molecule has 2 atom stereocenters. The van der Waals surface area contributed by atoms with Crippen molar-refractivity contribution in [3.05, 3.63) is 29.6 Å². The van der Waals surface area contributed by atoms with Gasteiger partial charge in [-0.1, -0.05) is 13.0 Å². The lowest BCUT2D eigenvalue weighted by Gasteiger charge is -2.13. The Balaban J connectivity index is 2.23. The third kappa shape index (κ3) is 2.29. The minimum Gasteiger partial charge on any atom is -0.323 e. The van der Waals surface area contributed by atoms with E-state index in [0.29, 0.717) is 0 Å². The summed E-state index contributed by atoms with van der Waals surface area (Å²) >= 11 is 0. The Hall–Kier alpha value is -2.24. The van der Waals surface area contributed by atoms with Crippen LogP contribution in [0.1, 0.15) is 12.5 Å². The topological polar surface area (TPSA) is 66.5 Å². The minimum absolute atomic E-state index is 0.0111. The predicted octanol–water partition coefficient (Wildman–Crippen LogP) is 1.32. The Morgan fingerprint density at radius 1 is 1.30 bits per heavy atom. The standard InChI is InChI=1S/C14H15FN2O3/c1-7-4-5-9(15)10(6-7)16-12(18)11-8(2)13(19)17(3)14(11)20/h4-6,8,11H,1-3H3,(H,16,18). The summed E-state index contributed by atoms with van der Waals surface area (Å²) in [4.78, 5) is 36.6. The van der Waals surface area contributed by atoms with Gasteiger partial charge in [0.05, 0.1) is 11.6 Å². The summed E-state index contributed by atoms with van der Waals surface area (Å²) in [6.07, 6.45) is 0. The number of nitrogens with zero attached hydrogens (tertiary/aromatic N) is 1. The van der Waals surface area contributed by atoms with Gasteiger partial charge in [0.25, 0.3) is 0 Å². The molecule has 5 nitrogen and oxygen atoms in total. The molecule has 2 rings (SSSR count). The molecule has 3 amide bonds. The van der Waals surface area contributed by atoms with Crippen LogP contribution in [0.2, 0.25) is 0 Å². The lowest BCUT2D eigenvalue weighted by Crippen LogP contribution is -2.32. The summed E-state index contributed by atoms with van der Waals surface area (Å²) in [5.41, 5.74) is 0.790. The molecule has 1 heterocycles. The van der Waals surface area contributed by atoms with E-state index in [9.17, 15) is 18.8 Å². The number of imide groups is 1. The molecule has 6 heteroatoms. The molecule has 2 unspecified atom stereocenters. The third-order valence-corrected chi connectivity index (χ3v) is 3.48. The largest absolute Gasteiger partial charge is 0.323 e. The van der Waals surface area contributed by atoms with Crippen LogP contribution in [0.15, 0.2) is 18.2 Å². The van der Waals surface area contributed by atoms with Gasteiger partial charge in [-0.3, -0.25) is 19.3 Å². The van der Waals surface area contributed by atoms with Crippen LogP contribution in [-0.4, -0.2) is 29.7 Å². The summed E-state index contributed by atoms with van der Waals surface area (Å²) in [6.45, 7) is 3.27. The molecule has 106 valence electrons. The summed E-state index contributed by atoms with van der Waals surface area (Å²) in [7, 11) is 1.34. The lowest BCUT2D eigenvalue weighted by atomic mass is 9.96. The van der Waals surface area contributed by atoms with Gasteiger partial charge in [0.15, 0.2) is 0 Å². The summed E-state index contributed by atoms with van der Waals surface area (Å²) < 4.78 is 13.6. The van der Waals surface area contributed by atoms with Crippen molar-refractivity contribution in [3.63, 3.8) is 0 Å². The number of rotatable bonds is 2. The molecular formula is C14H15FN2O3. The van der Waals surface area contributed by atoms with E-state index in [1.807, 2.05) is 0 Å². The van der Waals surface area contributed by atoms with Crippen molar-refractivity contribution in [3.8, 4) is 0 Å². The van der Waals surface area contributed by atoms with Gasteiger partial charge in [0, 0.05) is 7.05 Å².